The highest BCUT2D eigenvalue weighted by molar-refractivity contribution is 6.09. The minimum atomic E-state index is -0.383. The van der Waals surface area contributed by atoms with E-state index < -0.39 is 0 Å². The Morgan fingerprint density at radius 2 is 1.76 bits per heavy atom. The van der Waals surface area contributed by atoms with Gasteiger partial charge in [0.05, 0.1) is 30.4 Å². The maximum absolute atomic E-state index is 11.6. The number of ether oxygens (including phenoxy) is 2. The van der Waals surface area contributed by atoms with Crippen LogP contribution in [0.25, 0.3) is 21.8 Å². The van der Waals surface area contributed by atoms with Crippen molar-refractivity contribution < 1.29 is 14.3 Å². The lowest BCUT2D eigenvalue weighted by molar-refractivity contribution is 0.145. The lowest BCUT2D eigenvalue weighted by atomic mass is 10.0. The van der Waals surface area contributed by atoms with Gasteiger partial charge in [0.1, 0.15) is 5.75 Å². The number of carbonyl (C=O) groups excluding carboxylic acids is 1. The van der Waals surface area contributed by atoms with E-state index in [0.717, 1.165) is 44.5 Å². The van der Waals surface area contributed by atoms with Crippen LogP contribution in [0.3, 0.4) is 0 Å². The number of hydrogen-bond donors (Lipinski definition) is 2. The number of alkyl carbamates (subject to hydrolysis) is 1. The van der Waals surface area contributed by atoms with Gasteiger partial charge in [0.15, 0.2) is 0 Å². The van der Waals surface area contributed by atoms with E-state index in [9.17, 15) is 4.79 Å². The van der Waals surface area contributed by atoms with Crippen molar-refractivity contribution in [1.82, 2.24) is 10.3 Å². The van der Waals surface area contributed by atoms with Gasteiger partial charge in [-0.25, -0.2) is 9.78 Å². The zero-order valence-electron chi connectivity index (χ0n) is 19.4. The number of hydrogen-bond acceptors (Lipinski definition) is 5. The van der Waals surface area contributed by atoms with Gasteiger partial charge < -0.3 is 20.1 Å². The second-order valence-corrected chi connectivity index (χ2v) is 8.40. The van der Waals surface area contributed by atoms with Crippen LogP contribution in [-0.2, 0) is 11.2 Å². The van der Waals surface area contributed by atoms with Crippen LogP contribution in [0.5, 0.6) is 5.75 Å². The molecule has 0 saturated heterocycles. The largest absolute Gasteiger partial charge is 0.497 e. The molecule has 6 nitrogen and oxygen atoms in total. The molecule has 4 aromatic rings. The van der Waals surface area contributed by atoms with E-state index in [2.05, 4.69) is 29.7 Å². The minimum Gasteiger partial charge on any atom is -0.497 e. The fourth-order valence-electron chi connectivity index (χ4n) is 3.74. The van der Waals surface area contributed by atoms with Crippen LogP contribution in [0.1, 0.15) is 25.0 Å². The summed E-state index contributed by atoms with van der Waals surface area (Å²) in [5.41, 5.74) is 6.07. The molecule has 0 radical (unpaired) electrons. The highest BCUT2D eigenvalue weighted by atomic mass is 16.5. The SMILES string of the molecule is COc1ccc2c(Nc3ccc(CCOC(=O)NC(C)C)cc3)c3cc(C)ccc3nc2c1. The number of nitrogens with one attached hydrogen (secondary N) is 2. The molecule has 1 amide bonds. The summed E-state index contributed by atoms with van der Waals surface area (Å²) in [6.07, 6.45) is 0.276. The summed E-state index contributed by atoms with van der Waals surface area (Å²) < 4.78 is 10.6. The molecular weight excluding hydrogens is 414 g/mol. The molecule has 0 aliphatic heterocycles. The summed E-state index contributed by atoms with van der Waals surface area (Å²) >= 11 is 0. The number of aryl methyl sites for hydroxylation is 1. The fraction of sp³-hybridized carbons (Fsp3) is 0.259. The molecule has 0 saturated carbocycles. The van der Waals surface area contributed by atoms with Gasteiger partial charge in [0, 0.05) is 35.0 Å². The monoisotopic (exact) mass is 443 g/mol. The molecule has 0 aliphatic carbocycles. The van der Waals surface area contributed by atoms with Gasteiger partial charge in [-0.1, -0.05) is 23.8 Å². The molecule has 1 aromatic heterocycles. The minimum absolute atomic E-state index is 0.0630. The highest BCUT2D eigenvalue weighted by Crippen LogP contribution is 2.35. The summed E-state index contributed by atoms with van der Waals surface area (Å²) in [4.78, 5) is 16.5. The first kappa shape index (κ1) is 22.4. The molecule has 33 heavy (non-hydrogen) atoms. The van der Waals surface area contributed by atoms with Crippen molar-refractivity contribution in [2.24, 2.45) is 0 Å². The molecule has 0 atom stereocenters. The topological polar surface area (TPSA) is 72.5 Å². The van der Waals surface area contributed by atoms with E-state index >= 15 is 0 Å². The number of pyridine rings is 1. The average Bonchev–Trinajstić information content (AvgIpc) is 2.79. The van der Waals surface area contributed by atoms with Crippen LogP contribution < -0.4 is 15.4 Å². The Kier molecular flexibility index (Phi) is 6.63. The van der Waals surface area contributed by atoms with Crippen molar-refractivity contribution >= 4 is 39.3 Å². The van der Waals surface area contributed by atoms with Gasteiger partial charge >= 0.3 is 6.09 Å². The highest BCUT2D eigenvalue weighted by Gasteiger charge is 2.11. The van der Waals surface area contributed by atoms with Gasteiger partial charge in [0.25, 0.3) is 0 Å². The Labute approximate surface area is 193 Å². The molecule has 0 aliphatic rings. The first-order valence-corrected chi connectivity index (χ1v) is 11.1. The summed E-state index contributed by atoms with van der Waals surface area (Å²) in [6.45, 7) is 6.23. The summed E-state index contributed by atoms with van der Waals surface area (Å²) in [6, 6.07) is 20.5. The lowest BCUT2D eigenvalue weighted by Crippen LogP contribution is -2.31. The first-order valence-electron chi connectivity index (χ1n) is 11.1. The van der Waals surface area contributed by atoms with Gasteiger partial charge in [0.2, 0.25) is 0 Å². The average molecular weight is 444 g/mol. The maximum atomic E-state index is 11.6. The maximum Gasteiger partial charge on any atom is 0.407 e. The third-order valence-corrected chi connectivity index (χ3v) is 5.39. The standard InChI is InChI=1S/C27H29N3O3/c1-17(2)28-27(31)33-14-13-19-6-8-20(9-7-19)29-26-22-11-10-21(32-4)16-25(22)30-24-12-5-18(3)15-23(24)26/h5-12,15-17H,13-14H2,1-4H3,(H,28,31)(H,29,30). The lowest BCUT2D eigenvalue weighted by Gasteiger charge is -2.15. The molecule has 170 valence electrons. The van der Waals surface area contributed by atoms with Gasteiger partial charge in [-0.05, 0) is 62.7 Å². The Balaban J connectivity index is 1.57. The number of rotatable bonds is 7. The third-order valence-electron chi connectivity index (χ3n) is 5.39. The zero-order chi connectivity index (χ0) is 23.4. The summed E-state index contributed by atoms with van der Waals surface area (Å²) in [5, 5.41) is 8.42. The molecule has 2 N–H and O–H groups in total. The van der Waals surface area contributed by atoms with Crippen LogP contribution in [-0.4, -0.2) is 30.8 Å². The summed E-state index contributed by atoms with van der Waals surface area (Å²) in [7, 11) is 1.66. The summed E-state index contributed by atoms with van der Waals surface area (Å²) in [5.74, 6) is 0.779. The van der Waals surface area contributed by atoms with E-state index in [4.69, 9.17) is 14.5 Å². The van der Waals surface area contributed by atoms with Gasteiger partial charge in [-0.2, -0.15) is 0 Å². The van der Waals surface area contributed by atoms with Crippen molar-refractivity contribution in [2.75, 3.05) is 19.0 Å². The van der Waals surface area contributed by atoms with Gasteiger partial charge in [-0.15, -0.1) is 0 Å². The van der Waals surface area contributed by atoms with E-state index in [1.807, 2.05) is 62.4 Å². The number of amides is 1. The van der Waals surface area contributed by atoms with Crippen molar-refractivity contribution in [3.05, 3.63) is 71.8 Å². The first-order chi connectivity index (χ1) is 15.9. The van der Waals surface area contributed by atoms with Crippen LogP contribution in [0.15, 0.2) is 60.7 Å². The molecule has 0 spiro atoms. The number of aromatic nitrogens is 1. The van der Waals surface area contributed by atoms with Crippen LogP contribution >= 0.6 is 0 Å². The van der Waals surface area contributed by atoms with Crippen LogP contribution in [0.4, 0.5) is 16.2 Å². The van der Waals surface area contributed by atoms with E-state index in [-0.39, 0.29) is 12.1 Å². The molecule has 0 bridgehead atoms. The Bertz CT molecular complexity index is 1280. The molecule has 6 heteroatoms. The van der Waals surface area contributed by atoms with Crippen LogP contribution in [0.2, 0.25) is 0 Å². The van der Waals surface area contributed by atoms with Crippen molar-refractivity contribution in [3.8, 4) is 5.75 Å². The van der Waals surface area contributed by atoms with Crippen molar-refractivity contribution in [3.63, 3.8) is 0 Å². The normalized spacial score (nSPS) is 11.1. The number of fused-ring (bicyclic) bond motifs is 2. The zero-order valence-corrected chi connectivity index (χ0v) is 19.4. The quantitative estimate of drug-likeness (QED) is 0.336. The van der Waals surface area contributed by atoms with E-state index in [1.165, 1.54) is 5.56 Å². The van der Waals surface area contributed by atoms with Gasteiger partial charge in [-0.3, -0.25) is 0 Å². The van der Waals surface area contributed by atoms with E-state index in [1.54, 1.807) is 7.11 Å². The number of anilines is 2. The van der Waals surface area contributed by atoms with Crippen molar-refractivity contribution in [1.29, 1.82) is 0 Å². The Hall–Kier alpha value is -3.80. The van der Waals surface area contributed by atoms with Crippen LogP contribution in [0, 0.1) is 6.92 Å². The Morgan fingerprint density at radius 1 is 0.970 bits per heavy atom. The predicted octanol–water partition coefficient (Wildman–Crippen LogP) is 6.13. The third kappa shape index (κ3) is 5.34. The second kappa shape index (κ2) is 9.77. The van der Waals surface area contributed by atoms with Crippen molar-refractivity contribution in [2.45, 2.75) is 33.2 Å². The Morgan fingerprint density at radius 3 is 2.48 bits per heavy atom. The number of nitrogens with zero attached hydrogens (tertiary/aromatic N) is 1. The molecule has 0 fully saturated rings. The number of benzene rings is 3. The number of carbonyl (C=O) groups is 1. The number of methoxy groups -OCH3 is 1. The van der Waals surface area contributed by atoms with E-state index in [0.29, 0.717) is 13.0 Å². The molecule has 3 aromatic carbocycles. The predicted molar refractivity (Wildman–Crippen MR) is 134 cm³/mol. The second-order valence-electron chi connectivity index (χ2n) is 8.40. The molecule has 0 unspecified atom stereocenters. The fourth-order valence-corrected chi connectivity index (χ4v) is 3.74. The molecule has 4 rings (SSSR count). The molecule has 1 heterocycles. The smallest absolute Gasteiger partial charge is 0.407 e. The molecular formula is C27H29N3O3.